The Morgan fingerprint density at radius 3 is 2.43 bits per heavy atom. The zero-order chi connectivity index (χ0) is 21.5. The van der Waals surface area contributed by atoms with Crippen LogP contribution in [-0.4, -0.2) is 53.1 Å². The molecule has 2 aliphatic heterocycles. The molecule has 2 aromatic rings. The van der Waals surface area contributed by atoms with E-state index in [0.717, 1.165) is 10.6 Å². The minimum atomic E-state index is -3.43. The topological polar surface area (TPSA) is 107 Å². The summed E-state index contributed by atoms with van der Waals surface area (Å²) in [5.41, 5.74) is 1.76. The first-order chi connectivity index (χ1) is 14.3. The molecule has 9 nitrogen and oxygen atoms in total. The number of anilines is 2. The van der Waals surface area contributed by atoms with Gasteiger partial charge in [0.1, 0.15) is 0 Å². The molecule has 2 aliphatic rings. The molecule has 0 atom stereocenters. The minimum absolute atomic E-state index is 0.0279. The average molecular weight is 450 g/mol. The molecule has 0 aliphatic carbocycles. The van der Waals surface area contributed by atoms with Crippen LogP contribution in [0.1, 0.15) is 10.4 Å². The maximum atomic E-state index is 12.8. The molecule has 158 valence electrons. The molecule has 1 amide bonds. The second-order valence-corrected chi connectivity index (χ2v) is 9.23. The molecule has 0 aromatic heterocycles. The molecule has 0 fully saturated rings. The molecule has 30 heavy (non-hydrogen) atoms. The fraction of sp³-hybridized carbons (Fsp3) is 0.263. The summed E-state index contributed by atoms with van der Waals surface area (Å²) in [6, 6.07) is 8.49. The number of ether oxygens (including phenoxy) is 3. The summed E-state index contributed by atoms with van der Waals surface area (Å²) in [7, 11) is 1.07. The Labute approximate surface area is 178 Å². The van der Waals surface area contributed by atoms with E-state index >= 15 is 0 Å². The van der Waals surface area contributed by atoms with Crippen molar-refractivity contribution in [3.8, 4) is 17.2 Å². The van der Waals surface area contributed by atoms with Crippen molar-refractivity contribution in [1.82, 2.24) is 0 Å². The molecule has 0 bridgehead atoms. The van der Waals surface area contributed by atoms with E-state index in [1.165, 1.54) is 33.1 Å². The standard InChI is InChI=1S/C19H19N3O6S2/c1-26-14-9-12(10-15(27-2)17(14)28-3)20-18(23)11-4-5-13-16(8-11)29-19-21-30(24,25)7-6-22(13)19/h4-5,8-10H,6-7H2,1-3H3,(H,20,23). The van der Waals surface area contributed by atoms with Gasteiger partial charge in [0, 0.05) is 34.8 Å². The van der Waals surface area contributed by atoms with Gasteiger partial charge in [-0.05, 0) is 30.0 Å². The fourth-order valence-corrected chi connectivity index (χ4v) is 5.52. The largest absolute Gasteiger partial charge is 0.493 e. The number of carbonyl (C=O) groups excluding carboxylic acids is 1. The fourth-order valence-electron chi connectivity index (χ4n) is 3.23. The third kappa shape index (κ3) is 3.65. The number of hydrogen-bond acceptors (Lipinski definition) is 8. The minimum Gasteiger partial charge on any atom is -0.493 e. The van der Waals surface area contributed by atoms with E-state index in [0.29, 0.717) is 40.2 Å². The van der Waals surface area contributed by atoms with Gasteiger partial charge in [-0.2, -0.15) is 0 Å². The SMILES string of the molecule is COc1cc(NC(=O)c2ccc3c(c2)SC2=NS(=O)(=O)CCN23)cc(OC)c1OC. The first-order valence-electron chi connectivity index (χ1n) is 8.88. The summed E-state index contributed by atoms with van der Waals surface area (Å²) in [5.74, 6) is 0.923. The summed E-state index contributed by atoms with van der Waals surface area (Å²) in [5, 5.41) is 3.24. The molecule has 4 rings (SSSR count). The predicted molar refractivity (Wildman–Crippen MR) is 115 cm³/mol. The molecule has 0 spiro atoms. The van der Waals surface area contributed by atoms with E-state index in [9.17, 15) is 13.2 Å². The highest BCUT2D eigenvalue weighted by Crippen LogP contribution is 2.43. The van der Waals surface area contributed by atoms with Crippen LogP contribution in [0.2, 0.25) is 0 Å². The second-order valence-electron chi connectivity index (χ2n) is 6.46. The van der Waals surface area contributed by atoms with Gasteiger partial charge in [0.15, 0.2) is 16.7 Å². The van der Waals surface area contributed by atoms with Crippen molar-refractivity contribution in [2.45, 2.75) is 4.90 Å². The average Bonchev–Trinajstić information content (AvgIpc) is 3.08. The highest BCUT2D eigenvalue weighted by atomic mass is 32.2. The summed E-state index contributed by atoms with van der Waals surface area (Å²) in [4.78, 5) is 15.4. The van der Waals surface area contributed by atoms with Gasteiger partial charge < -0.3 is 24.4 Å². The number of amidine groups is 1. The molecule has 0 saturated heterocycles. The van der Waals surface area contributed by atoms with E-state index in [-0.39, 0.29) is 11.7 Å². The van der Waals surface area contributed by atoms with Crippen molar-refractivity contribution in [3.63, 3.8) is 0 Å². The monoisotopic (exact) mass is 449 g/mol. The van der Waals surface area contributed by atoms with Crippen LogP contribution in [-0.2, 0) is 10.0 Å². The summed E-state index contributed by atoms with van der Waals surface area (Å²) >= 11 is 1.24. The van der Waals surface area contributed by atoms with Crippen LogP contribution in [0.5, 0.6) is 17.2 Å². The van der Waals surface area contributed by atoms with Crippen LogP contribution < -0.4 is 24.4 Å². The lowest BCUT2D eigenvalue weighted by molar-refractivity contribution is 0.102. The van der Waals surface area contributed by atoms with Gasteiger partial charge in [0.2, 0.25) is 5.75 Å². The van der Waals surface area contributed by atoms with Gasteiger partial charge >= 0.3 is 0 Å². The number of hydrogen-bond donors (Lipinski definition) is 1. The number of rotatable bonds is 5. The number of carbonyl (C=O) groups is 1. The lowest BCUT2D eigenvalue weighted by Gasteiger charge is -2.22. The first kappa shape index (κ1) is 20.4. The summed E-state index contributed by atoms with van der Waals surface area (Å²) in [6.07, 6.45) is 0. The second kappa shape index (κ2) is 7.73. The smallest absolute Gasteiger partial charge is 0.257 e. The number of nitrogens with one attached hydrogen (secondary N) is 1. The molecule has 11 heteroatoms. The van der Waals surface area contributed by atoms with Crippen LogP contribution in [0.3, 0.4) is 0 Å². The van der Waals surface area contributed by atoms with Gasteiger partial charge in [-0.15, -0.1) is 4.40 Å². The summed E-state index contributed by atoms with van der Waals surface area (Å²) < 4.78 is 43.2. The molecule has 1 N–H and O–H groups in total. The molecule has 0 saturated carbocycles. The number of benzene rings is 2. The van der Waals surface area contributed by atoms with Gasteiger partial charge in [0.25, 0.3) is 15.9 Å². The van der Waals surface area contributed by atoms with Crippen molar-refractivity contribution in [1.29, 1.82) is 0 Å². The molecule has 2 heterocycles. The van der Waals surface area contributed by atoms with Crippen molar-refractivity contribution in [2.75, 3.05) is 43.8 Å². The Balaban J connectivity index is 1.60. The Morgan fingerprint density at radius 2 is 1.80 bits per heavy atom. The van der Waals surface area contributed by atoms with Crippen molar-refractivity contribution < 1.29 is 27.4 Å². The summed E-state index contributed by atoms with van der Waals surface area (Å²) in [6.45, 7) is 0.345. The lowest BCUT2D eigenvalue weighted by atomic mass is 10.1. The zero-order valence-corrected chi connectivity index (χ0v) is 18.1. The quantitative estimate of drug-likeness (QED) is 0.742. The molecule has 0 radical (unpaired) electrons. The molecule has 2 aromatic carbocycles. The van der Waals surface area contributed by atoms with Crippen LogP contribution in [0.4, 0.5) is 11.4 Å². The number of nitrogens with zero attached hydrogens (tertiary/aromatic N) is 2. The Hall–Kier alpha value is -2.92. The first-order valence-corrected chi connectivity index (χ1v) is 11.3. The number of sulfonamides is 1. The number of fused-ring (bicyclic) bond motifs is 3. The van der Waals surface area contributed by atoms with Crippen LogP contribution >= 0.6 is 11.8 Å². The van der Waals surface area contributed by atoms with Gasteiger partial charge in [0.05, 0.1) is 32.8 Å². The Bertz CT molecular complexity index is 1140. The van der Waals surface area contributed by atoms with Gasteiger partial charge in [-0.25, -0.2) is 8.42 Å². The maximum absolute atomic E-state index is 12.8. The molecule has 0 unspecified atom stereocenters. The normalized spacial score (nSPS) is 16.2. The highest BCUT2D eigenvalue weighted by Gasteiger charge is 2.33. The van der Waals surface area contributed by atoms with E-state index in [1.54, 1.807) is 30.3 Å². The number of methoxy groups -OCH3 is 3. The Morgan fingerprint density at radius 1 is 1.10 bits per heavy atom. The third-order valence-electron chi connectivity index (χ3n) is 4.66. The van der Waals surface area contributed by atoms with Gasteiger partial charge in [-0.3, -0.25) is 4.79 Å². The van der Waals surface area contributed by atoms with Crippen LogP contribution in [0, 0.1) is 0 Å². The van der Waals surface area contributed by atoms with E-state index in [1.807, 2.05) is 4.90 Å². The number of thioether (sulfide) groups is 1. The lowest BCUT2D eigenvalue weighted by Crippen LogP contribution is -2.35. The van der Waals surface area contributed by atoms with Crippen LogP contribution in [0.15, 0.2) is 39.6 Å². The van der Waals surface area contributed by atoms with Crippen molar-refractivity contribution in [3.05, 3.63) is 35.9 Å². The highest BCUT2D eigenvalue weighted by molar-refractivity contribution is 8.15. The predicted octanol–water partition coefficient (Wildman–Crippen LogP) is 2.58. The molecular formula is C19H19N3O6S2. The Kier molecular flexibility index (Phi) is 5.24. The number of amides is 1. The van der Waals surface area contributed by atoms with E-state index < -0.39 is 10.0 Å². The maximum Gasteiger partial charge on any atom is 0.257 e. The van der Waals surface area contributed by atoms with Crippen molar-refractivity contribution >= 4 is 44.2 Å². The van der Waals surface area contributed by atoms with E-state index in [2.05, 4.69) is 9.71 Å². The molecular weight excluding hydrogens is 430 g/mol. The van der Waals surface area contributed by atoms with E-state index in [4.69, 9.17) is 14.2 Å². The van der Waals surface area contributed by atoms with Crippen LogP contribution in [0.25, 0.3) is 0 Å². The zero-order valence-electron chi connectivity index (χ0n) is 16.5. The van der Waals surface area contributed by atoms with Crippen molar-refractivity contribution in [2.24, 2.45) is 4.40 Å². The van der Waals surface area contributed by atoms with Gasteiger partial charge in [-0.1, -0.05) is 0 Å². The third-order valence-corrected chi connectivity index (χ3v) is 6.96.